The van der Waals surface area contributed by atoms with Crippen molar-refractivity contribution in [1.29, 1.82) is 0 Å². The van der Waals surface area contributed by atoms with Crippen LogP contribution in [0.15, 0.2) is 24.3 Å². The molecule has 1 aliphatic rings. The third kappa shape index (κ3) is 19.6. The summed E-state index contributed by atoms with van der Waals surface area (Å²) in [6.45, 7) is 19.6. The summed E-state index contributed by atoms with van der Waals surface area (Å²) in [5.41, 5.74) is 2.40. The Morgan fingerprint density at radius 2 is 0.860 bits per heavy atom. The van der Waals surface area contributed by atoms with Crippen molar-refractivity contribution in [3.05, 3.63) is 35.4 Å². The van der Waals surface area contributed by atoms with Gasteiger partial charge in [-0.15, -0.1) is 0 Å². The number of esters is 3. The maximum atomic E-state index is 13.2. The molecule has 0 radical (unpaired) electrons. The Balaban J connectivity index is 2.28. The first-order chi connectivity index (χ1) is 23.0. The van der Waals surface area contributed by atoms with Gasteiger partial charge in [0.25, 0.3) is 0 Å². The van der Waals surface area contributed by atoms with Gasteiger partial charge in [-0.05, 0) is 73.4 Å². The molecule has 0 atom stereocenters. The average molecular weight is 706 g/mol. The Bertz CT molecular complexity index is 1240. The number of hydrogen-bond donors (Lipinski definition) is 2. The fraction of sp³-hybridized carbons (Fsp3) is 0.694. The summed E-state index contributed by atoms with van der Waals surface area (Å²) < 4.78 is 16.8. The van der Waals surface area contributed by atoms with Gasteiger partial charge >= 0.3 is 23.9 Å². The molecule has 1 fully saturated rings. The summed E-state index contributed by atoms with van der Waals surface area (Å²) in [5.74, 6) is -2.32. The van der Waals surface area contributed by atoms with E-state index in [1.807, 2.05) is 77.0 Å². The summed E-state index contributed by atoms with van der Waals surface area (Å²) in [6, 6.07) is 6.87. The summed E-state index contributed by atoms with van der Waals surface area (Å²) in [6.07, 6.45) is -0.0225. The van der Waals surface area contributed by atoms with Crippen LogP contribution in [0.5, 0.6) is 0 Å². The molecule has 2 rings (SSSR count). The molecule has 0 aromatic heterocycles. The standard InChI is InChI=1S/C36H59N5O9/c1-34(2,3)48-31(45)24-38-14-16-39(25-32(46)49-35(4,5)6)18-20-41(21-19-40(17-15-38)26-33(47)50-36(7,8)9)37-29(42)22-27-10-12-28(13-11-27)23-30(43)44/h10-13H,14-26H2,1-9H3,(H,37,42)(H,43,44). The van der Waals surface area contributed by atoms with Gasteiger partial charge in [0.15, 0.2) is 0 Å². The van der Waals surface area contributed by atoms with Gasteiger partial charge in [-0.2, -0.15) is 0 Å². The minimum Gasteiger partial charge on any atom is -0.481 e. The highest BCUT2D eigenvalue weighted by Gasteiger charge is 2.26. The zero-order valence-electron chi connectivity index (χ0n) is 31.5. The number of nitrogens with zero attached hydrogens (tertiary/aromatic N) is 4. The average Bonchev–Trinajstić information content (AvgIpc) is 2.92. The molecule has 0 bridgehead atoms. The van der Waals surface area contributed by atoms with Crippen LogP contribution in [0, 0.1) is 0 Å². The molecular weight excluding hydrogens is 646 g/mol. The number of benzene rings is 1. The Hall–Kier alpha value is -3.59. The number of nitrogens with one attached hydrogen (secondary N) is 1. The number of carboxylic acids is 1. The van der Waals surface area contributed by atoms with E-state index in [1.54, 1.807) is 29.3 Å². The van der Waals surface area contributed by atoms with E-state index in [4.69, 9.17) is 19.3 Å². The van der Waals surface area contributed by atoms with E-state index in [-0.39, 0.29) is 56.3 Å². The van der Waals surface area contributed by atoms with Crippen LogP contribution < -0.4 is 5.43 Å². The van der Waals surface area contributed by atoms with E-state index in [1.165, 1.54) is 0 Å². The van der Waals surface area contributed by atoms with Crippen molar-refractivity contribution in [1.82, 2.24) is 25.1 Å². The zero-order valence-corrected chi connectivity index (χ0v) is 31.5. The third-order valence-electron chi connectivity index (χ3n) is 7.18. The largest absolute Gasteiger partial charge is 0.481 e. The Morgan fingerprint density at radius 3 is 1.16 bits per heavy atom. The Kier molecular flexibility index (Phi) is 16.3. The Morgan fingerprint density at radius 1 is 0.560 bits per heavy atom. The maximum absolute atomic E-state index is 13.2. The molecule has 1 amide bonds. The summed E-state index contributed by atoms with van der Waals surface area (Å²) in [5, 5.41) is 10.8. The lowest BCUT2D eigenvalue weighted by Gasteiger charge is -2.34. The van der Waals surface area contributed by atoms with Crippen LogP contribution in [0.2, 0.25) is 0 Å². The lowest BCUT2D eigenvalue weighted by atomic mass is 10.1. The van der Waals surface area contributed by atoms with Crippen molar-refractivity contribution in [2.75, 3.05) is 72.0 Å². The Labute approximate surface area is 297 Å². The fourth-order valence-corrected chi connectivity index (χ4v) is 5.14. The quantitative estimate of drug-likeness (QED) is 0.255. The van der Waals surface area contributed by atoms with Crippen LogP contribution >= 0.6 is 0 Å². The third-order valence-corrected chi connectivity index (χ3v) is 7.18. The molecule has 0 spiro atoms. The molecule has 1 saturated heterocycles. The molecule has 50 heavy (non-hydrogen) atoms. The molecule has 0 saturated carbocycles. The van der Waals surface area contributed by atoms with Gasteiger partial charge in [0.2, 0.25) is 5.91 Å². The molecule has 1 aromatic rings. The summed E-state index contributed by atoms with van der Waals surface area (Å²) >= 11 is 0. The van der Waals surface area contributed by atoms with E-state index >= 15 is 0 Å². The first-order valence-corrected chi connectivity index (χ1v) is 17.2. The fourth-order valence-electron chi connectivity index (χ4n) is 5.14. The first kappa shape index (κ1) is 42.6. The number of carbonyl (C=O) groups excluding carboxylic acids is 4. The van der Waals surface area contributed by atoms with E-state index in [2.05, 4.69) is 5.43 Å². The van der Waals surface area contributed by atoms with Crippen LogP contribution in [0.3, 0.4) is 0 Å². The van der Waals surface area contributed by atoms with Gasteiger partial charge in [-0.3, -0.25) is 44.1 Å². The van der Waals surface area contributed by atoms with Gasteiger partial charge in [0.1, 0.15) is 16.8 Å². The van der Waals surface area contributed by atoms with Crippen LogP contribution in [-0.2, 0) is 51.0 Å². The molecule has 14 heteroatoms. The molecule has 2 N–H and O–H groups in total. The van der Waals surface area contributed by atoms with Crippen LogP contribution in [0.1, 0.15) is 73.4 Å². The van der Waals surface area contributed by atoms with Crippen molar-refractivity contribution in [3.8, 4) is 0 Å². The highest BCUT2D eigenvalue weighted by molar-refractivity contribution is 5.78. The number of amides is 1. The topological polar surface area (TPSA) is 158 Å². The minimum absolute atomic E-state index is 0.0206. The van der Waals surface area contributed by atoms with Gasteiger partial charge in [-0.1, -0.05) is 24.3 Å². The van der Waals surface area contributed by atoms with Crippen molar-refractivity contribution >= 4 is 29.8 Å². The van der Waals surface area contributed by atoms with Crippen molar-refractivity contribution in [3.63, 3.8) is 0 Å². The van der Waals surface area contributed by atoms with Gasteiger partial charge < -0.3 is 19.3 Å². The lowest BCUT2D eigenvalue weighted by molar-refractivity contribution is -0.158. The maximum Gasteiger partial charge on any atom is 0.320 e. The minimum atomic E-state index is -0.928. The van der Waals surface area contributed by atoms with Gasteiger partial charge in [0, 0.05) is 52.4 Å². The highest BCUT2D eigenvalue weighted by Crippen LogP contribution is 2.12. The molecule has 282 valence electrons. The molecular formula is C36H59N5O9. The van der Waals surface area contributed by atoms with Crippen molar-refractivity contribution < 1.29 is 43.3 Å². The lowest BCUT2D eigenvalue weighted by Crippen LogP contribution is -2.53. The molecule has 1 aliphatic heterocycles. The normalized spacial score (nSPS) is 16.8. The van der Waals surface area contributed by atoms with Crippen LogP contribution in [-0.4, -0.2) is 143 Å². The number of carboxylic acid groups (broad SMARTS) is 1. The zero-order chi connectivity index (χ0) is 37.7. The molecule has 0 unspecified atom stereocenters. The summed E-state index contributed by atoms with van der Waals surface area (Å²) in [7, 11) is 0. The van der Waals surface area contributed by atoms with E-state index < -0.39 is 22.8 Å². The molecule has 1 heterocycles. The number of ether oxygens (including phenoxy) is 3. The highest BCUT2D eigenvalue weighted by atomic mass is 16.6. The van der Waals surface area contributed by atoms with E-state index in [0.717, 1.165) is 5.56 Å². The second-order valence-electron chi connectivity index (χ2n) is 15.7. The predicted molar refractivity (Wildman–Crippen MR) is 188 cm³/mol. The second-order valence-corrected chi connectivity index (χ2v) is 15.7. The number of hydrazine groups is 1. The van der Waals surface area contributed by atoms with Gasteiger partial charge in [-0.25, -0.2) is 5.01 Å². The van der Waals surface area contributed by atoms with Gasteiger partial charge in [0.05, 0.1) is 32.5 Å². The molecule has 14 nitrogen and oxygen atoms in total. The van der Waals surface area contributed by atoms with Crippen molar-refractivity contribution in [2.24, 2.45) is 0 Å². The first-order valence-electron chi connectivity index (χ1n) is 17.2. The summed E-state index contributed by atoms with van der Waals surface area (Å²) in [4.78, 5) is 68.7. The number of carbonyl (C=O) groups is 5. The van der Waals surface area contributed by atoms with Crippen molar-refractivity contribution in [2.45, 2.75) is 92.0 Å². The SMILES string of the molecule is CC(C)(C)OC(=O)CN1CCN(CC(=O)OC(C)(C)C)CCN(NC(=O)Cc2ccc(CC(=O)O)cc2)CCN(CC(=O)OC(C)(C)C)CC1. The number of rotatable bonds is 11. The van der Waals surface area contributed by atoms with Crippen LogP contribution in [0.25, 0.3) is 0 Å². The number of aliphatic carboxylic acids is 1. The van der Waals surface area contributed by atoms with Crippen LogP contribution in [0.4, 0.5) is 0 Å². The monoisotopic (exact) mass is 705 g/mol. The van der Waals surface area contributed by atoms with E-state index in [9.17, 15) is 24.0 Å². The molecule has 0 aliphatic carbocycles. The smallest absolute Gasteiger partial charge is 0.320 e. The number of hydrogen-bond acceptors (Lipinski definition) is 12. The predicted octanol–water partition coefficient (Wildman–Crippen LogP) is 2.13. The van der Waals surface area contributed by atoms with E-state index in [0.29, 0.717) is 57.9 Å². The second kappa shape index (κ2) is 19.1. The molecule has 1 aromatic carbocycles.